The zero-order valence-corrected chi connectivity index (χ0v) is 13.0. The molecular formula is C19H16N4O. The summed E-state index contributed by atoms with van der Waals surface area (Å²) >= 11 is 0. The summed E-state index contributed by atoms with van der Waals surface area (Å²) in [6.07, 6.45) is 4.17. The fourth-order valence-electron chi connectivity index (χ4n) is 2.60. The van der Waals surface area contributed by atoms with Crippen LogP contribution in [-0.2, 0) is 13.0 Å². The highest BCUT2D eigenvalue weighted by Gasteiger charge is 2.07. The van der Waals surface area contributed by atoms with E-state index in [9.17, 15) is 0 Å². The van der Waals surface area contributed by atoms with Gasteiger partial charge in [0.15, 0.2) is 0 Å². The topological polar surface area (TPSA) is 63.8 Å². The maximum Gasteiger partial charge on any atom is 0.315 e. The highest BCUT2D eigenvalue weighted by Crippen LogP contribution is 2.18. The van der Waals surface area contributed by atoms with Gasteiger partial charge in [-0.2, -0.15) is 0 Å². The maximum atomic E-state index is 5.67. The lowest BCUT2D eigenvalue weighted by Gasteiger charge is -2.01. The quantitative estimate of drug-likeness (QED) is 0.606. The monoisotopic (exact) mass is 316 g/mol. The van der Waals surface area contributed by atoms with Crippen molar-refractivity contribution >= 4 is 16.8 Å². The molecular weight excluding hydrogens is 300 g/mol. The molecule has 5 nitrogen and oxygen atoms in total. The molecule has 0 saturated carbocycles. The summed E-state index contributed by atoms with van der Waals surface area (Å²) in [5, 5.41) is 13.7. The standard InChI is InChI=1S/C19H16N4O/c1-2-6-17-10-14(7-8-16(17)5-1)11-18-22-23-19(24-18)21-13-15-4-3-9-20-12-15/h1-10,12H,11,13H2,(H,21,23). The van der Waals surface area contributed by atoms with E-state index in [4.69, 9.17) is 4.42 Å². The van der Waals surface area contributed by atoms with Gasteiger partial charge in [0.05, 0.1) is 6.42 Å². The van der Waals surface area contributed by atoms with Gasteiger partial charge >= 0.3 is 6.01 Å². The van der Waals surface area contributed by atoms with Crippen LogP contribution >= 0.6 is 0 Å². The number of rotatable bonds is 5. The molecule has 0 fully saturated rings. The zero-order chi connectivity index (χ0) is 16.2. The number of pyridine rings is 1. The molecule has 4 rings (SSSR count). The van der Waals surface area contributed by atoms with Crippen molar-refractivity contribution < 1.29 is 4.42 Å². The van der Waals surface area contributed by atoms with Gasteiger partial charge in [0.25, 0.3) is 0 Å². The Bertz CT molecular complexity index is 950. The van der Waals surface area contributed by atoms with Crippen LogP contribution < -0.4 is 5.32 Å². The molecule has 5 heteroatoms. The number of hydrogen-bond donors (Lipinski definition) is 1. The van der Waals surface area contributed by atoms with Gasteiger partial charge in [-0.05, 0) is 28.0 Å². The minimum atomic E-state index is 0.426. The normalized spacial score (nSPS) is 10.8. The first-order valence-electron chi connectivity index (χ1n) is 7.80. The summed E-state index contributed by atoms with van der Waals surface area (Å²) in [4.78, 5) is 4.08. The van der Waals surface area contributed by atoms with Gasteiger partial charge in [0, 0.05) is 18.9 Å². The highest BCUT2D eigenvalue weighted by molar-refractivity contribution is 5.83. The lowest BCUT2D eigenvalue weighted by atomic mass is 10.1. The molecule has 2 aromatic heterocycles. The van der Waals surface area contributed by atoms with Crippen LogP contribution in [0.3, 0.4) is 0 Å². The van der Waals surface area contributed by atoms with Gasteiger partial charge in [-0.3, -0.25) is 4.98 Å². The molecule has 0 bridgehead atoms. The van der Waals surface area contributed by atoms with Crippen LogP contribution in [0.15, 0.2) is 71.4 Å². The first-order chi connectivity index (χ1) is 11.9. The van der Waals surface area contributed by atoms with Crippen molar-refractivity contribution in [2.45, 2.75) is 13.0 Å². The van der Waals surface area contributed by atoms with Crippen LogP contribution in [0.1, 0.15) is 17.0 Å². The first-order valence-corrected chi connectivity index (χ1v) is 7.80. The lowest BCUT2D eigenvalue weighted by Crippen LogP contribution is -1.99. The summed E-state index contributed by atoms with van der Waals surface area (Å²) in [5.74, 6) is 0.596. The largest absolute Gasteiger partial charge is 0.408 e. The van der Waals surface area contributed by atoms with Gasteiger partial charge < -0.3 is 9.73 Å². The van der Waals surface area contributed by atoms with E-state index in [2.05, 4.69) is 50.8 Å². The average Bonchev–Trinajstić information content (AvgIpc) is 3.08. The molecule has 0 aliphatic rings. The minimum absolute atomic E-state index is 0.426. The van der Waals surface area contributed by atoms with Crippen LogP contribution in [0.5, 0.6) is 0 Å². The van der Waals surface area contributed by atoms with Crippen molar-refractivity contribution in [3.05, 3.63) is 84.0 Å². The summed E-state index contributed by atoms with van der Waals surface area (Å²) in [6.45, 7) is 0.603. The van der Waals surface area contributed by atoms with Crippen LogP contribution in [0, 0.1) is 0 Å². The molecule has 2 heterocycles. The molecule has 24 heavy (non-hydrogen) atoms. The summed E-state index contributed by atoms with van der Waals surface area (Å²) in [5.41, 5.74) is 2.21. The molecule has 0 spiro atoms. The van der Waals surface area contributed by atoms with Crippen molar-refractivity contribution in [1.82, 2.24) is 15.2 Å². The molecule has 0 aliphatic carbocycles. The Morgan fingerprint density at radius 2 is 1.79 bits per heavy atom. The summed E-state index contributed by atoms with van der Waals surface area (Å²) in [6, 6.07) is 19.0. The van der Waals surface area contributed by atoms with Crippen molar-refractivity contribution in [2.24, 2.45) is 0 Å². The fourth-order valence-corrected chi connectivity index (χ4v) is 2.60. The smallest absolute Gasteiger partial charge is 0.315 e. The van der Waals surface area contributed by atoms with Gasteiger partial charge in [-0.1, -0.05) is 53.6 Å². The van der Waals surface area contributed by atoms with Crippen LogP contribution in [0.4, 0.5) is 6.01 Å². The Morgan fingerprint density at radius 1 is 0.875 bits per heavy atom. The molecule has 0 saturated heterocycles. The van der Waals surface area contributed by atoms with E-state index < -0.39 is 0 Å². The number of fused-ring (bicyclic) bond motifs is 1. The lowest BCUT2D eigenvalue weighted by molar-refractivity contribution is 0.516. The molecule has 0 radical (unpaired) electrons. The Hall–Kier alpha value is -3.21. The number of hydrogen-bond acceptors (Lipinski definition) is 5. The Labute approximate surface area is 139 Å². The van der Waals surface area contributed by atoms with Crippen molar-refractivity contribution in [2.75, 3.05) is 5.32 Å². The average molecular weight is 316 g/mol. The Morgan fingerprint density at radius 3 is 2.67 bits per heavy atom. The van der Waals surface area contributed by atoms with Crippen LogP contribution in [0.25, 0.3) is 10.8 Å². The minimum Gasteiger partial charge on any atom is -0.408 e. The number of anilines is 1. The van der Waals surface area contributed by atoms with E-state index in [1.807, 2.05) is 24.3 Å². The zero-order valence-electron chi connectivity index (χ0n) is 13.0. The number of nitrogens with zero attached hydrogens (tertiary/aromatic N) is 3. The number of benzene rings is 2. The third-order valence-electron chi connectivity index (χ3n) is 3.80. The van der Waals surface area contributed by atoms with E-state index in [0.29, 0.717) is 24.9 Å². The molecule has 1 N–H and O–H groups in total. The molecule has 0 atom stereocenters. The molecule has 4 aromatic rings. The molecule has 0 aliphatic heterocycles. The van der Waals surface area contributed by atoms with E-state index >= 15 is 0 Å². The van der Waals surface area contributed by atoms with E-state index in [-0.39, 0.29) is 0 Å². The van der Waals surface area contributed by atoms with Crippen molar-refractivity contribution in [3.63, 3.8) is 0 Å². The van der Waals surface area contributed by atoms with E-state index in [1.165, 1.54) is 10.8 Å². The summed E-state index contributed by atoms with van der Waals surface area (Å²) in [7, 11) is 0. The molecule has 2 aromatic carbocycles. The fraction of sp³-hybridized carbons (Fsp3) is 0.105. The third kappa shape index (κ3) is 3.25. The van der Waals surface area contributed by atoms with E-state index in [1.54, 1.807) is 12.4 Å². The van der Waals surface area contributed by atoms with Gasteiger partial charge in [0.1, 0.15) is 0 Å². The second-order valence-corrected chi connectivity index (χ2v) is 5.57. The first kappa shape index (κ1) is 14.4. The molecule has 0 unspecified atom stereocenters. The molecule has 0 amide bonds. The van der Waals surface area contributed by atoms with Crippen LogP contribution in [0.2, 0.25) is 0 Å². The second-order valence-electron chi connectivity index (χ2n) is 5.57. The van der Waals surface area contributed by atoms with Crippen molar-refractivity contribution in [1.29, 1.82) is 0 Å². The Balaban J connectivity index is 1.44. The summed E-state index contributed by atoms with van der Waals surface area (Å²) < 4.78 is 5.67. The number of nitrogens with one attached hydrogen (secondary N) is 1. The SMILES string of the molecule is c1cncc(CNc2nnc(Cc3ccc4ccccc4c3)o2)c1. The van der Waals surface area contributed by atoms with Crippen molar-refractivity contribution in [3.8, 4) is 0 Å². The predicted molar refractivity (Wildman–Crippen MR) is 92.6 cm³/mol. The van der Waals surface area contributed by atoms with Gasteiger partial charge in [-0.25, -0.2) is 0 Å². The molecule has 118 valence electrons. The van der Waals surface area contributed by atoms with Gasteiger partial charge in [0.2, 0.25) is 5.89 Å². The van der Waals surface area contributed by atoms with Gasteiger partial charge in [-0.15, -0.1) is 5.10 Å². The third-order valence-corrected chi connectivity index (χ3v) is 3.80. The highest BCUT2D eigenvalue weighted by atomic mass is 16.4. The van der Waals surface area contributed by atoms with E-state index in [0.717, 1.165) is 11.1 Å². The number of aromatic nitrogens is 3. The Kier molecular flexibility index (Phi) is 3.90. The predicted octanol–water partition coefficient (Wildman–Crippen LogP) is 3.82. The second kappa shape index (κ2) is 6.50. The maximum absolute atomic E-state index is 5.67. The van der Waals surface area contributed by atoms with Crippen LogP contribution in [-0.4, -0.2) is 15.2 Å².